The molecule has 4 heteroatoms. The summed E-state index contributed by atoms with van der Waals surface area (Å²) < 4.78 is 0. The van der Waals surface area contributed by atoms with Crippen molar-refractivity contribution in [2.75, 3.05) is 6.54 Å². The zero-order valence-electron chi connectivity index (χ0n) is 9.45. The molecule has 0 amide bonds. The molecule has 0 saturated carbocycles. The van der Waals surface area contributed by atoms with E-state index in [4.69, 9.17) is 28.9 Å². The zero-order valence-corrected chi connectivity index (χ0v) is 11.0. The highest BCUT2D eigenvalue weighted by Gasteiger charge is 2.23. The Bertz CT molecular complexity index is 335. The summed E-state index contributed by atoms with van der Waals surface area (Å²) in [7, 11) is 0. The number of aliphatic hydroxyl groups excluding tert-OH is 1. The summed E-state index contributed by atoms with van der Waals surface area (Å²) in [6, 6.07) is 5.10. The maximum absolute atomic E-state index is 10.2. The molecule has 2 unspecified atom stereocenters. The van der Waals surface area contributed by atoms with Crippen molar-refractivity contribution in [3.63, 3.8) is 0 Å². The molecule has 1 rings (SSSR count). The van der Waals surface area contributed by atoms with Crippen molar-refractivity contribution in [2.45, 2.75) is 20.0 Å². The predicted octanol–water partition coefficient (Wildman–Crippen LogP) is 3.26. The summed E-state index contributed by atoms with van der Waals surface area (Å²) in [5.41, 5.74) is 6.39. The first kappa shape index (κ1) is 13.8. The fourth-order valence-electron chi connectivity index (χ4n) is 1.76. The van der Waals surface area contributed by atoms with Crippen LogP contribution in [0.1, 0.15) is 25.5 Å². The molecule has 0 aromatic heterocycles. The number of hydrogen-bond acceptors (Lipinski definition) is 2. The Kier molecular flexibility index (Phi) is 5.06. The minimum atomic E-state index is -0.624. The van der Waals surface area contributed by atoms with Gasteiger partial charge in [0, 0.05) is 16.0 Å². The van der Waals surface area contributed by atoms with Gasteiger partial charge in [0.15, 0.2) is 0 Å². The van der Waals surface area contributed by atoms with E-state index >= 15 is 0 Å². The third-order valence-electron chi connectivity index (χ3n) is 2.76. The molecule has 0 aliphatic carbocycles. The van der Waals surface area contributed by atoms with Gasteiger partial charge in [0.25, 0.3) is 0 Å². The second kappa shape index (κ2) is 5.87. The first-order valence-electron chi connectivity index (χ1n) is 5.29. The quantitative estimate of drug-likeness (QED) is 0.874. The number of hydrogen-bond donors (Lipinski definition) is 2. The van der Waals surface area contributed by atoms with E-state index in [1.54, 1.807) is 18.2 Å². The van der Waals surface area contributed by atoms with Crippen LogP contribution in [0.5, 0.6) is 0 Å². The van der Waals surface area contributed by atoms with Crippen LogP contribution in [0.25, 0.3) is 0 Å². The summed E-state index contributed by atoms with van der Waals surface area (Å²) in [6.07, 6.45) is -0.624. The standard InChI is InChI=1S/C12H17Cl2NO/c1-7(2)11(6-15)12(16)8-3-9(13)5-10(14)4-8/h3-5,7,11-12,16H,6,15H2,1-2H3. The average molecular weight is 262 g/mol. The van der Waals surface area contributed by atoms with E-state index in [9.17, 15) is 5.11 Å². The van der Waals surface area contributed by atoms with Crippen molar-refractivity contribution in [3.8, 4) is 0 Å². The van der Waals surface area contributed by atoms with Crippen molar-refractivity contribution in [3.05, 3.63) is 33.8 Å². The highest BCUT2D eigenvalue weighted by atomic mass is 35.5. The fourth-order valence-corrected chi connectivity index (χ4v) is 2.30. The van der Waals surface area contributed by atoms with Gasteiger partial charge >= 0.3 is 0 Å². The molecule has 0 radical (unpaired) electrons. The monoisotopic (exact) mass is 261 g/mol. The molecule has 16 heavy (non-hydrogen) atoms. The Morgan fingerprint density at radius 3 is 2.06 bits per heavy atom. The molecule has 1 aromatic rings. The second-order valence-corrected chi connectivity index (χ2v) is 5.16. The summed E-state index contributed by atoms with van der Waals surface area (Å²) in [5.74, 6) is 0.312. The van der Waals surface area contributed by atoms with E-state index in [0.29, 0.717) is 22.5 Å². The molecule has 0 bridgehead atoms. The molecule has 0 saturated heterocycles. The largest absolute Gasteiger partial charge is 0.388 e. The maximum atomic E-state index is 10.2. The Labute approximate surface area is 106 Å². The summed E-state index contributed by atoms with van der Waals surface area (Å²) in [4.78, 5) is 0. The van der Waals surface area contributed by atoms with Crippen LogP contribution in [0.15, 0.2) is 18.2 Å². The summed E-state index contributed by atoms with van der Waals surface area (Å²) in [6.45, 7) is 4.50. The Morgan fingerprint density at radius 1 is 1.19 bits per heavy atom. The first-order chi connectivity index (χ1) is 7.45. The maximum Gasteiger partial charge on any atom is 0.0833 e. The van der Waals surface area contributed by atoms with Gasteiger partial charge in [-0.15, -0.1) is 0 Å². The van der Waals surface area contributed by atoms with Crippen LogP contribution >= 0.6 is 23.2 Å². The van der Waals surface area contributed by atoms with Crippen LogP contribution in [-0.2, 0) is 0 Å². The lowest BCUT2D eigenvalue weighted by Gasteiger charge is -2.25. The number of halogens is 2. The lowest BCUT2D eigenvalue weighted by molar-refractivity contribution is 0.0861. The van der Waals surface area contributed by atoms with Gasteiger partial charge in [0.2, 0.25) is 0 Å². The molecule has 0 spiro atoms. The summed E-state index contributed by atoms with van der Waals surface area (Å²) in [5, 5.41) is 11.3. The van der Waals surface area contributed by atoms with Gasteiger partial charge in [0.1, 0.15) is 0 Å². The highest BCUT2D eigenvalue weighted by Crippen LogP contribution is 2.30. The third-order valence-corrected chi connectivity index (χ3v) is 3.20. The van der Waals surface area contributed by atoms with Gasteiger partial charge < -0.3 is 10.8 Å². The second-order valence-electron chi connectivity index (χ2n) is 4.29. The van der Waals surface area contributed by atoms with Crippen molar-refractivity contribution in [1.82, 2.24) is 0 Å². The van der Waals surface area contributed by atoms with Gasteiger partial charge in [0.05, 0.1) is 6.10 Å². The van der Waals surface area contributed by atoms with Crippen LogP contribution < -0.4 is 5.73 Å². The molecule has 2 atom stereocenters. The van der Waals surface area contributed by atoms with Crippen LogP contribution in [0.2, 0.25) is 10.0 Å². The molecular formula is C12H17Cl2NO. The predicted molar refractivity (Wildman–Crippen MR) is 68.8 cm³/mol. The summed E-state index contributed by atoms with van der Waals surface area (Å²) >= 11 is 11.8. The molecule has 90 valence electrons. The van der Waals surface area contributed by atoms with Crippen molar-refractivity contribution in [1.29, 1.82) is 0 Å². The Balaban J connectivity index is 2.98. The Hall–Kier alpha value is -0.280. The van der Waals surface area contributed by atoms with Gasteiger partial charge in [-0.1, -0.05) is 37.0 Å². The number of rotatable bonds is 4. The van der Waals surface area contributed by atoms with Crippen LogP contribution in [0.4, 0.5) is 0 Å². The Morgan fingerprint density at radius 2 is 1.69 bits per heavy atom. The smallest absolute Gasteiger partial charge is 0.0833 e. The van der Waals surface area contributed by atoms with Gasteiger partial charge in [-0.25, -0.2) is 0 Å². The van der Waals surface area contributed by atoms with Crippen molar-refractivity contribution >= 4 is 23.2 Å². The van der Waals surface area contributed by atoms with E-state index in [1.165, 1.54) is 0 Å². The number of aliphatic hydroxyl groups is 1. The normalized spacial score (nSPS) is 15.2. The van der Waals surface area contributed by atoms with Crippen LogP contribution in [0, 0.1) is 11.8 Å². The molecular weight excluding hydrogens is 245 g/mol. The molecule has 0 aliphatic heterocycles. The SMILES string of the molecule is CC(C)C(CN)C(O)c1cc(Cl)cc(Cl)c1. The zero-order chi connectivity index (χ0) is 12.3. The molecule has 0 heterocycles. The molecule has 2 nitrogen and oxygen atoms in total. The van der Waals surface area contributed by atoms with Crippen LogP contribution in [-0.4, -0.2) is 11.7 Å². The number of benzene rings is 1. The first-order valence-corrected chi connectivity index (χ1v) is 6.05. The van der Waals surface area contributed by atoms with E-state index in [-0.39, 0.29) is 5.92 Å². The van der Waals surface area contributed by atoms with Crippen molar-refractivity contribution < 1.29 is 5.11 Å². The van der Waals surface area contributed by atoms with Gasteiger partial charge in [-0.05, 0) is 36.2 Å². The molecule has 3 N–H and O–H groups in total. The van der Waals surface area contributed by atoms with E-state index in [2.05, 4.69) is 0 Å². The van der Waals surface area contributed by atoms with Crippen LogP contribution in [0.3, 0.4) is 0 Å². The topological polar surface area (TPSA) is 46.2 Å². The van der Waals surface area contributed by atoms with E-state index in [1.807, 2.05) is 13.8 Å². The molecule has 0 aliphatic rings. The number of nitrogens with two attached hydrogens (primary N) is 1. The van der Waals surface area contributed by atoms with Gasteiger partial charge in [-0.2, -0.15) is 0 Å². The minimum Gasteiger partial charge on any atom is -0.388 e. The average Bonchev–Trinajstić information content (AvgIpc) is 2.16. The minimum absolute atomic E-state index is 0.00883. The van der Waals surface area contributed by atoms with E-state index < -0.39 is 6.10 Å². The highest BCUT2D eigenvalue weighted by molar-refractivity contribution is 6.34. The molecule has 0 fully saturated rings. The molecule has 1 aromatic carbocycles. The fraction of sp³-hybridized carbons (Fsp3) is 0.500. The lowest BCUT2D eigenvalue weighted by atomic mass is 9.87. The van der Waals surface area contributed by atoms with Gasteiger partial charge in [-0.3, -0.25) is 0 Å². The van der Waals surface area contributed by atoms with E-state index in [0.717, 1.165) is 5.56 Å². The lowest BCUT2D eigenvalue weighted by Crippen LogP contribution is -2.26. The third kappa shape index (κ3) is 3.36. The van der Waals surface area contributed by atoms with Crippen molar-refractivity contribution in [2.24, 2.45) is 17.6 Å².